The Hall–Kier alpha value is -0.0800. The molecule has 0 amide bonds. The second kappa shape index (κ2) is 7.29. The lowest BCUT2D eigenvalue weighted by Gasteiger charge is -2.20. The fourth-order valence-electron chi connectivity index (χ4n) is 2.79. The number of aliphatic hydroxyl groups is 1. The predicted octanol–water partition coefficient (Wildman–Crippen LogP) is 2.95. The quantitative estimate of drug-likeness (QED) is 0.701. The molecule has 2 N–H and O–H groups in total. The van der Waals surface area contributed by atoms with Crippen LogP contribution in [0.15, 0.2) is 0 Å². The SMILES string of the molecule is CC(C)CC(O)CNC(C)CC1CCCC1. The average molecular weight is 227 g/mol. The molecule has 2 unspecified atom stereocenters. The van der Waals surface area contributed by atoms with Crippen LogP contribution < -0.4 is 5.32 Å². The van der Waals surface area contributed by atoms with Gasteiger partial charge in [0, 0.05) is 12.6 Å². The maximum absolute atomic E-state index is 9.77. The third-order valence-corrected chi connectivity index (χ3v) is 3.61. The van der Waals surface area contributed by atoms with E-state index in [0.29, 0.717) is 12.0 Å². The molecule has 0 radical (unpaired) electrons. The number of rotatable bonds is 7. The smallest absolute Gasteiger partial charge is 0.0667 e. The Morgan fingerprint density at radius 2 is 1.81 bits per heavy atom. The van der Waals surface area contributed by atoms with Crippen molar-refractivity contribution in [3.63, 3.8) is 0 Å². The molecule has 0 spiro atoms. The van der Waals surface area contributed by atoms with E-state index in [1.807, 2.05) is 0 Å². The minimum absolute atomic E-state index is 0.175. The van der Waals surface area contributed by atoms with Crippen LogP contribution in [0.2, 0.25) is 0 Å². The van der Waals surface area contributed by atoms with Crippen molar-refractivity contribution in [3.8, 4) is 0 Å². The van der Waals surface area contributed by atoms with Crippen molar-refractivity contribution < 1.29 is 5.11 Å². The van der Waals surface area contributed by atoms with Gasteiger partial charge in [0.25, 0.3) is 0 Å². The number of aliphatic hydroxyl groups excluding tert-OH is 1. The molecule has 0 aromatic carbocycles. The first kappa shape index (κ1) is 14.0. The van der Waals surface area contributed by atoms with E-state index >= 15 is 0 Å². The van der Waals surface area contributed by atoms with Crippen LogP contribution in [0, 0.1) is 11.8 Å². The minimum atomic E-state index is -0.175. The lowest BCUT2D eigenvalue weighted by atomic mass is 9.99. The van der Waals surface area contributed by atoms with Crippen LogP contribution in [0.1, 0.15) is 59.3 Å². The number of hydrogen-bond acceptors (Lipinski definition) is 2. The Morgan fingerprint density at radius 3 is 2.38 bits per heavy atom. The van der Waals surface area contributed by atoms with E-state index in [9.17, 15) is 5.11 Å². The first-order valence-corrected chi connectivity index (χ1v) is 6.99. The highest BCUT2D eigenvalue weighted by Crippen LogP contribution is 2.28. The highest BCUT2D eigenvalue weighted by molar-refractivity contribution is 4.74. The van der Waals surface area contributed by atoms with Gasteiger partial charge in [0.05, 0.1) is 6.10 Å². The summed E-state index contributed by atoms with van der Waals surface area (Å²) in [5.74, 6) is 1.52. The molecule has 1 aliphatic carbocycles. The fraction of sp³-hybridized carbons (Fsp3) is 1.00. The van der Waals surface area contributed by atoms with Crippen LogP contribution >= 0.6 is 0 Å². The Balaban J connectivity index is 2.06. The van der Waals surface area contributed by atoms with Gasteiger partial charge < -0.3 is 10.4 Å². The van der Waals surface area contributed by atoms with Crippen molar-refractivity contribution in [2.24, 2.45) is 11.8 Å². The largest absolute Gasteiger partial charge is 0.392 e. The number of hydrogen-bond donors (Lipinski definition) is 2. The van der Waals surface area contributed by atoms with Gasteiger partial charge >= 0.3 is 0 Å². The summed E-state index contributed by atoms with van der Waals surface area (Å²) in [5, 5.41) is 13.2. The van der Waals surface area contributed by atoms with Crippen molar-refractivity contribution in [1.29, 1.82) is 0 Å². The Labute approximate surface area is 101 Å². The van der Waals surface area contributed by atoms with Gasteiger partial charge in [0.15, 0.2) is 0 Å². The zero-order valence-corrected chi connectivity index (χ0v) is 11.2. The first-order valence-electron chi connectivity index (χ1n) is 6.99. The van der Waals surface area contributed by atoms with Gasteiger partial charge in [0.2, 0.25) is 0 Å². The molecule has 2 nitrogen and oxygen atoms in total. The summed E-state index contributed by atoms with van der Waals surface area (Å²) in [6, 6.07) is 0.560. The van der Waals surface area contributed by atoms with E-state index in [0.717, 1.165) is 18.9 Å². The molecule has 0 aromatic heterocycles. The maximum atomic E-state index is 9.77. The van der Waals surface area contributed by atoms with E-state index in [2.05, 4.69) is 26.1 Å². The second-order valence-corrected chi connectivity index (χ2v) is 5.98. The van der Waals surface area contributed by atoms with Gasteiger partial charge in [-0.15, -0.1) is 0 Å². The van der Waals surface area contributed by atoms with Gasteiger partial charge in [-0.1, -0.05) is 39.5 Å². The maximum Gasteiger partial charge on any atom is 0.0667 e. The van der Waals surface area contributed by atoms with Gasteiger partial charge in [-0.2, -0.15) is 0 Å². The molecular formula is C14H29NO. The van der Waals surface area contributed by atoms with E-state index in [-0.39, 0.29) is 6.10 Å². The monoisotopic (exact) mass is 227 g/mol. The van der Waals surface area contributed by atoms with Crippen molar-refractivity contribution in [2.45, 2.75) is 71.4 Å². The molecular weight excluding hydrogens is 198 g/mol. The van der Waals surface area contributed by atoms with E-state index in [4.69, 9.17) is 0 Å². The summed E-state index contributed by atoms with van der Waals surface area (Å²) in [6.45, 7) is 7.32. The minimum Gasteiger partial charge on any atom is -0.392 e. The Kier molecular flexibility index (Phi) is 6.37. The molecule has 2 heteroatoms. The van der Waals surface area contributed by atoms with Crippen molar-refractivity contribution in [1.82, 2.24) is 5.32 Å². The first-order chi connectivity index (χ1) is 7.58. The normalized spacial score (nSPS) is 21.6. The van der Waals surface area contributed by atoms with Gasteiger partial charge in [-0.3, -0.25) is 0 Å². The summed E-state index contributed by atoms with van der Waals surface area (Å²) in [4.78, 5) is 0. The van der Waals surface area contributed by atoms with E-state index in [1.165, 1.54) is 32.1 Å². The predicted molar refractivity (Wildman–Crippen MR) is 69.5 cm³/mol. The van der Waals surface area contributed by atoms with Gasteiger partial charge in [0.1, 0.15) is 0 Å². The summed E-state index contributed by atoms with van der Waals surface area (Å²) in [6.07, 6.45) is 7.70. The Morgan fingerprint density at radius 1 is 1.19 bits per heavy atom. The summed E-state index contributed by atoms with van der Waals surface area (Å²) in [5.41, 5.74) is 0. The fourth-order valence-corrected chi connectivity index (χ4v) is 2.79. The standard InChI is InChI=1S/C14H29NO/c1-11(2)8-14(16)10-15-12(3)9-13-6-4-5-7-13/h11-16H,4-10H2,1-3H3. The van der Waals surface area contributed by atoms with Gasteiger partial charge in [-0.25, -0.2) is 0 Å². The molecule has 1 aliphatic rings. The molecule has 96 valence electrons. The zero-order chi connectivity index (χ0) is 12.0. The molecule has 16 heavy (non-hydrogen) atoms. The lowest BCUT2D eigenvalue weighted by Crippen LogP contribution is -2.35. The van der Waals surface area contributed by atoms with Crippen LogP contribution in [-0.4, -0.2) is 23.8 Å². The zero-order valence-electron chi connectivity index (χ0n) is 11.2. The highest BCUT2D eigenvalue weighted by atomic mass is 16.3. The van der Waals surface area contributed by atoms with Gasteiger partial charge in [-0.05, 0) is 31.6 Å². The third kappa shape index (κ3) is 5.86. The van der Waals surface area contributed by atoms with Crippen LogP contribution in [-0.2, 0) is 0 Å². The van der Waals surface area contributed by atoms with Crippen LogP contribution in [0.4, 0.5) is 0 Å². The highest BCUT2D eigenvalue weighted by Gasteiger charge is 2.18. The summed E-state index contributed by atoms with van der Waals surface area (Å²) >= 11 is 0. The molecule has 0 aromatic rings. The van der Waals surface area contributed by atoms with Crippen LogP contribution in [0.3, 0.4) is 0 Å². The third-order valence-electron chi connectivity index (χ3n) is 3.61. The Bertz CT molecular complexity index is 176. The second-order valence-electron chi connectivity index (χ2n) is 5.98. The van der Waals surface area contributed by atoms with Crippen LogP contribution in [0.25, 0.3) is 0 Å². The molecule has 0 saturated heterocycles. The molecule has 1 saturated carbocycles. The lowest BCUT2D eigenvalue weighted by molar-refractivity contribution is 0.141. The topological polar surface area (TPSA) is 32.3 Å². The van der Waals surface area contributed by atoms with Crippen molar-refractivity contribution in [2.75, 3.05) is 6.54 Å². The molecule has 1 fully saturated rings. The van der Waals surface area contributed by atoms with E-state index < -0.39 is 0 Å². The molecule has 0 aliphatic heterocycles. The van der Waals surface area contributed by atoms with Crippen molar-refractivity contribution >= 4 is 0 Å². The summed E-state index contributed by atoms with van der Waals surface area (Å²) in [7, 11) is 0. The number of nitrogens with one attached hydrogen (secondary N) is 1. The van der Waals surface area contributed by atoms with E-state index in [1.54, 1.807) is 0 Å². The molecule has 2 atom stereocenters. The van der Waals surface area contributed by atoms with Crippen molar-refractivity contribution in [3.05, 3.63) is 0 Å². The molecule has 0 bridgehead atoms. The molecule has 0 heterocycles. The van der Waals surface area contributed by atoms with Crippen LogP contribution in [0.5, 0.6) is 0 Å². The molecule has 1 rings (SSSR count). The summed E-state index contributed by atoms with van der Waals surface area (Å²) < 4.78 is 0. The average Bonchev–Trinajstić information content (AvgIpc) is 2.66.